The highest BCUT2D eigenvalue weighted by molar-refractivity contribution is 7.99. The fourth-order valence-corrected chi connectivity index (χ4v) is 2.31. The number of amides is 2. The number of carbonyl (C=O) groups is 2. The highest BCUT2D eigenvalue weighted by Gasteiger charge is 2.13. The monoisotopic (exact) mass is 280 g/mol. The molecule has 4 nitrogen and oxygen atoms in total. The maximum atomic E-state index is 11.6. The summed E-state index contributed by atoms with van der Waals surface area (Å²) in [7, 11) is 0. The van der Waals surface area contributed by atoms with Crippen molar-refractivity contribution in [2.45, 2.75) is 32.1 Å². The third-order valence-corrected chi connectivity index (χ3v) is 3.23. The fraction of sp³-hybridized carbons (Fsp3) is 0.429. The van der Waals surface area contributed by atoms with E-state index in [9.17, 15) is 9.59 Å². The Morgan fingerprint density at radius 1 is 1.32 bits per heavy atom. The van der Waals surface area contributed by atoms with Crippen molar-refractivity contribution in [2.75, 3.05) is 5.75 Å². The first-order chi connectivity index (χ1) is 8.78. The van der Waals surface area contributed by atoms with E-state index in [1.54, 1.807) is 18.2 Å². The van der Waals surface area contributed by atoms with Gasteiger partial charge in [0.05, 0.1) is 5.75 Å². The van der Waals surface area contributed by atoms with Crippen molar-refractivity contribution in [1.82, 2.24) is 5.32 Å². The molecule has 0 radical (unpaired) electrons. The normalized spacial score (nSPS) is 11.1. The molecule has 0 saturated heterocycles. The third kappa shape index (κ3) is 6.29. The molecule has 3 N–H and O–H groups in total. The zero-order chi connectivity index (χ0) is 14.5. The van der Waals surface area contributed by atoms with E-state index in [0.29, 0.717) is 17.1 Å². The molecule has 1 aromatic rings. The van der Waals surface area contributed by atoms with Gasteiger partial charge >= 0.3 is 0 Å². The van der Waals surface area contributed by atoms with Crippen molar-refractivity contribution in [3.63, 3.8) is 0 Å². The number of thioether (sulfide) groups is 1. The minimum absolute atomic E-state index is 0.0172. The SMILES string of the molecule is CC(C)(C)NC(=O)CSCc1cccc(C(N)=O)c1. The van der Waals surface area contributed by atoms with Gasteiger partial charge in [-0.2, -0.15) is 0 Å². The first-order valence-corrected chi connectivity index (χ1v) is 7.21. The molecule has 0 aromatic heterocycles. The van der Waals surface area contributed by atoms with E-state index < -0.39 is 5.91 Å². The van der Waals surface area contributed by atoms with Crippen molar-refractivity contribution in [1.29, 1.82) is 0 Å². The fourth-order valence-electron chi connectivity index (χ4n) is 1.53. The molecule has 0 aliphatic heterocycles. The van der Waals surface area contributed by atoms with Crippen LogP contribution in [-0.4, -0.2) is 23.1 Å². The number of nitrogens with two attached hydrogens (primary N) is 1. The molecule has 1 rings (SSSR count). The molecule has 0 atom stereocenters. The summed E-state index contributed by atoms with van der Waals surface area (Å²) in [5.74, 6) is 0.664. The van der Waals surface area contributed by atoms with Gasteiger partial charge in [0.2, 0.25) is 11.8 Å². The second-order valence-corrected chi connectivity index (χ2v) is 6.34. The molecule has 0 fully saturated rings. The first-order valence-electron chi connectivity index (χ1n) is 6.05. The number of carbonyl (C=O) groups excluding carboxylic acids is 2. The number of nitrogens with one attached hydrogen (secondary N) is 1. The van der Waals surface area contributed by atoms with Crippen LogP contribution in [0.3, 0.4) is 0 Å². The van der Waals surface area contributed by atoms with Gasteiger partial charge in [0.25, 0.3) is 0 Å². The van der Waals surface area contributed by atoms with Gasteiger partial charge in [-0.1, -0.05) is 12.1 Å². The van der Waals surface area contributed by atoms with E-state index in [1.807, 2.05) is 26.8 Å². The van der Waals surface area contributed by atoms with Crippen molar-refractivity contribution in [3.8, 4) is 0 Å². The summed E-state index contributed by atoms with van der Waals surface area (Å²) in [5, 5.41) is 2.90. The summed E-state index contributed by atoms with van der Waals surface area (Å²) in [6.45, 7) is 5.85. The molecule has 0 aliphatic rings. The molecule has 0 spiro atoms. The van der Waals surface area contributed by atoms with Crippen molar-refractivity contribution >= 4 is 23.6 Å². The molecular weight excluding hydrogens is 260 g/mol. The van der Waals surface area contributed by atoms with Gasteiger partial charge in [0, 0.05) is 16.9 Å². The molecule has 0 saturated carbocycles. The van der Waals surface area contributed by atoms with Crippen LogP contribution in [0.4, 0.5) is 0 Å². The van der Waals surface area contributed by atoms with Crippen molar-refractivity contribution in [3.05, 3.63) is 35.4 Å². The summed E-state index contributed by atoms with van der Waals surface area (Å²) >= 11 is 1.51. The molecule has 1 aromatic carbocycles. The Balaban J connectivity index is 2.43. The van der Waals surface area contributed by atoms with Gasteiger partial charge < -0.3 is 11.1 Å². The maximum absolute atomic E-state index is 11.6. The van der Waals surface area contributed by atoms with Crippen LogP contribution in [0.25, 0.3) is 0 Å². The van der Waals surface area contributed by atoms with Crippen LogP contribution in [0.5, 0.6) is 0 Å². The second kappa shape index (κ2) is 6.61. The zero-order valence-electron chi connectivity index (χ0n) is 11.5. The molecule has 104 valence electrons. The van der Waals surface area contributed by atoms with Gasteiger partial charge in [-0.05, 0) is 38.5 Å². The number of hydrogen-bond donors (Lipinski definition) is 2. The molecular formula is C14H20N2O2S. The lowest BCUT2D eigenvalue weighted by atomic mass is 10.1. The molecule has 0 unspecified atom stereocenters. The summed E-state index contributed by atoms with van der Waals surface area (Å²) in [6, 6.07) is 7.16. The van der Waals surface area contributed by atoms with Crippen LogP contribution in [0.1, 0.15) is 36.7 Å². The largest absolute Gasteiger partial charge is 0.366 e. The molecule has 0 heterocycles. The quantitative estimate of drug-likeness (QED) is 0.865. The Labute approximate surface area is 118 Å². The second-order valence-electron chi connectivity index (χ2n) is 5.36. The topological polar surface area (TPSA) is 72.2 Å². The van der Waals surface area contributed by atoms with Gasteiger partial charge in [0.1, 0.15) is 0 Å². The van der Waals surface area contributed by atoms with Crippen LogP contribution in [-0.2, 0) is 10.5 Å². The molecule has 2 amide bonds. The maximum Gasteiger partial charge on any atom is 0.248 e. The Hall–Kier alpha value is -1.49. The predicted molar refractivity (Wildman–Crippen MR) is 79.0 cm³/mol. The number of primary amides is 1. The molecule has 0 bridgehead atoms. The Morgan fingerprint density at radius 3 is 2.58 bits per heavy atom. The molecule has 0 aliphatic carbocycles. The average Bonchev–Trinajstić information content (AvgIpc) is 2.27. The average molecular weight is 280 g/mol. The van der Waals surface area contributed by atoms with E-state index in [4.69, 9.17) is 5.73 Å². The molecule has 19 heavy (non-hydrogen) atoms. The van der Waals surface area contributed by atoms with E-state index in [1.165, 1.54) is 11.8 Å². The Bertz CT molecular complexity index is 467. The van der Waals surface area contributed by atoms with Crippen molar-refractivity contribution in [2.24, 2.45) is 5.73 Å². The van der Waals surface area contributed by atoms with Gasteiger partial charge in [-0.25, -0.2) is 0 Å². The Morgan fingerprint density at radius 2 is 2.00 bits per heavy atom. The predicted octanol–water partition coefficient (Wildman–Crippen LogP) is 1.93. The van der Waals surface area contributed by atoms with Crippen LogP contribution in [0.15, 0.2) is 24.3 Å². The van der Waals surface area contributed by atoms with Gasteiger partial charge in [-0.3, -0.25) is 9.59 Å². The van der Waals surface area contributed by atoms with E-state index in [2.05, 4.69) is 5.32 Å². The number of benzene rings is 1. The summed E-state index contributed by atoms with van der Waals surface area (Å²) < 4.78 is 0. The highest BCUT2D eigenvalue weighted by atomic mass is 32.2. The first kappa shape index (κ1) is 15.6. The smallest absolute Gasteiger partial charge is 0.248 e. The Kier molecular flexibility index (Phi) is 5.42. The zero-order valence-corrected chi connectivity index (χ0v) is 12.3. The lowest BCUT2D eigenvalue weighted by molar-refractivity contribution is -0.119. The van der Waals surface area contributed by atoms with Crippen LogP contribution in [0.2, 0.25) is 0 Å². The van der Waals surface area contributed by atoms with E-state index in [0.717, 1.165) is 5.56 Å². The molecule has 5 heteroatoms. The lowest BCUT2D eigenvalue weighted by Crippen LogP contribution is -2.41. The summed E-state index contributed by atoms with van der Waals surface area (Å²) in [4.78, 5) is 22.7. The van der Waals surface area contributed by atoms with Crippen LogP contribution < -0.4 is 11.1 Å². The van der Waals surface area contributed by atoms with Crippen molar-refractivity contribution < 1.29 is 9.59 Å². The van der Waals surface area contributed by atoms with Gasteiger partial charge in [-0.15, -0.1) is 11.8 Å². The minimum Gasteiger partial charge on any atom is -0.366 e. The van der Waals surface area contributed by atoms with E-state index >= 15 is 0 Å². The minimum atomic E-state index is -0.433. The summed E-state index contributed by atoms with van der Waals surface area (Å²) in [5.41, 5.74) is 6.50. The van der Waals surface area contributed by atoms with E-state index in [-0.39, 0.29) is 11.4 Å². The number of hydrogen-bond acceptors (Lipinski definition) is 3. The lowest BCUT2D eigenvalue weighted by Gasteiger charge is -2.20. The standard InChI is InChI=1S/C14H20N2O2S/c1-14(2,3)16-12(17)9-19-8-10-5-4-6-11(7-10)13(15)18/h4-7H,8-9H2,1-3H3,(H2,15,18)(H,16,17). The number of rotatable bonds is 5. The third-order valence-electron chi connectivity index (χ3n) is 2.23. The van der Waals surface area contributed by atoms with Gasteiger partial charge in [0.15, 0.2) is 0 Å². The highest BCUT2D eigenvalue weighted by Crippen LogP contribution is 2.14. The summed E-state index contributed by atoms with van der Waals surface area (Å²) in [6.07, 6.45) is 0. The van der Waals surface area contributed by atoms with Crippen LogP contribution >= 0.6 is 11.8 Å². The van der Waals surface area contributed by atoms with Crippen LogP contribution in [0, 0.1) is 0 Å².